The molecule has 1 aliphatic carbocycles. The number of carbonyl (C=O) groups excluding carboxylic acids is 2. The number of carbonyl (C=O) groups is 2. The van der Waals surface area contributed by atoms with Gasteiger partial charge in [-0.1, -0.05) is 36.4 Å². The summed E-state index contributed by atoms with van der Waals surface area (Å²) in [5, 5.41) is 14.9. The highest BCUT2D eigenvalue weighted by atomic mass is 16.3. The summed E-state index contributed by atoms with van der Waals surface area (Å²) in [6, 6.07) is 14.9. The van der Waals surface area contributed by atoms with Crippen molar-refractivity contribution < 1.29 is 14.7 Å². The standard InChI is InChI=1S/C20H22N2O3/c23-13-16-3-1-2-15(10-16)12-21-19(24)11-14-4-8-18(9-5-14)22-20(25)17-6-7-17/h1-5,8-10,17,23H,6-7,11-13H2,(H,21,24)(H,22,25). The molecule has 0 bridgehead atoms. The van der Waals surface area contributed by atoms with Gasteiger partial charge >= 0.3 is 0 Å². The van der Waals surface area contributed by atoms with Crippen molar-refractivity contribution in [3.8, 4) is 0 Å². The minimum absolute atomic E-state index is 0.00851. The molecule has 0 saturated heterocycles. The molecule has 0 atom stereocenters. The van der Waals surface area contributed by atoms with Crippen molar-refractivity contribution in [2.75, 3.05) is 5.32 Å². The van der Waals surface area contributed by atoms with Gasteiger partial charge in [0, 0.05) is 18.2 Å². The van der Waals surface area contributed by atoms with Crippen molar-refractivity contribution in [2.24, 2.45) is 5.92 Å². The van der Waals surface area contributed by atoms with Gasteiger partial charge in [-0.05, 0) is 41.7 Å². The Labute approximate surface area is 147 Å². The quantitative estimate of drug-likeness (QED) is 0.725. The van der Waals surface area contributed by atoms with Gasteiger partial charge in [0.05, 0.1) is 13.0 Å². The molecule has 1 saturated carbocycles. The average molecular weight is 338 g/mol. The van der Waals surface area contributed by atoms with Gasteiger partial charge in [-0.3, -0.25) is 9.59 Å². The zero-order valence-electron chi connectivity index (χ0n) is 14.0. The molecule has 5 heteroatoms. The molecule has 0 aliphatic heterocycles. The normalized spacial score (nSPS) is 13.3. The third-order valence-corrected chi connectivity index (χ3v) is 4.20. The Bertz CT molecular complexity index is 752. The Balaban J connectivity index is 1.47. The maximum Gasteiger partial charge on any atom is 0.227 e. The van der Waals surface area contributed by atoms with Crippen LogP contribution in [0.5, 0.6) is 0 Å². The van der Waals surface area contributed by atoms with E-state index in [9.17, 15) is 9.59 Å². The van der Waals surface area contributed by atoms with Crippen molar-refractivity contribution >= 4 is 17.5 Å². The number of rotatable bonds is 7. The van der Waals surface area contributed by atoms with Crippen LogP contribution >= 0.6 is 0 Å². The van der Waals surface area contributed by atoms with Gasteiger partial charge in [-0.25, -0.2) is 0 Å². The Hall–Kier alpha value is -2.66. The van der Waals surface area contributed by atoms with E-state index < -0.39 is 0 Å². The van der Waals surface area contributed by atoms with Crippen molar-refractivity contribution in [1.29, 1.82) is 0 Å². The van der Waals surface area contributed by atoms with Crippen molar-refractivity contribution in [3.63, 3.8) is 0 Å². The molecule has 0 spiro atoms. The molecule has 1 aliphatic rings. The number of benzene rings is 2. The topological polar surface area (TPSA) is 78.4 Å². The monoisotopic (exact) mass is 338 g/mol. The fraction of sp³-hybridized carbons (Fsp3) is 0.300. The van der Waals surface area contributed by atoms with Gasteiger partial charge in [0.1, 0.15) is 0 Å². The van der Waals surface area contributed by atoms with E-state index in [1.165, 1.54) is 0 Å². The first-order valence-electron chi connectivity index (χ1n) is 8.49. The summed E-state index contributed by atoms with van der Waals surface area (Å²) in [5.41, 5.74) is 3.45. The molecule has 0 aromatic heterocycles. The van der Waals surface area contributed by atoms with E-state index in [1.54, 1.807) is 0 Å². The maximum absolute atomic E-state index is 12.1. The van der Waals surface area contributed by atoms with Crippen LogP contribution in [0, 0.1) is 5.92 Å². The lowest BCUT2D eigenvalue weighted by molar-refractivity contribution is -0.120. The van der Waals surface area contributed by atoms with Gasteiger partial charge < -0.3 is 15.7 Å². The third kappa shape index (κ3) is 5.16. The van der Waals surface area contributed by atoms with Gasteiger partial charge in [-0.2, -0.15) is 0 Å². The largest absolute Gasteiger partial charge is 0.392 e. The smallest absolute Gasteiger partial charge is 0.227 e. The van der Waals surface area contributed by atoms with Crippen molar-refractivity contribution in [1.82, 2.24) is 5.32 Å². The Morgan fingerprint density at radius 1 is 1.00 bits per heavy atom. The molecular formula is C20H22N2O3. The third-order valence-electron chi connectivity index (χ3n) is 4.20. The van der Waals surface area contributed by atoms with Crippen LogP contribution in [0.2, 0.25) is 0 Å². The molecule has 130 valence electrons. The van der Waals surface area contributed by atoms with E-state index in [2.05, 4.69) is 10.6 Å². The van der Waals surface area contributed by atoms with Crippen molar-refractivity contribution in [3.05, 3.63) is 65.2 Å². The highest BCUT2D eigenvalue weighted by molar-refractivity contribution is 5.94. The number of hydrogen-bond donors (Lipinski definition) is 3. The average Bonchev–Trinajstić information content (AvgIpc) is 3.47. The lowest BCUT2D eigenvalue weighted by Gasteiger charge is -2.08. The molecule has 2 amide bonds. The van der Waals surface area contributed by atoms with Crippen LogP contribution < -0.4 is 10.6 Å². The van der Waals surface area contributed by atoms with Crippen LogP contribution in [0.25, 0.3) is 0 Å². The second kappa shape index (κ2) is 7.94. The van der Waals surface area contributed by atoms with Crippen LogP contribution in [0.1, 0.15) is 29.5 Å². The Morgan fingerprint density at radius 2 is 1.72 bits per heavy atom. The zero-order chi connectivity index (χ0) is 17.6. The Morgan fingerprint density at radius 3 is 2.40 bits per heavy atom. The second-order valence-electron chi connectivity index (χ2n) is 6.39. The zero-order valence-corrected chi connectivity index (χ0v) is 14.0. The van der Waals surface area contributed by atoms with Crippen LogP contribution in [-0.4, -0.2) is 16.9 Å². The number of hydrogen-bond acceptors (Lipinski definition) is 3. The van der Waals surface area contributed by atoms with E-state index in [-0.39, 0.29) is 30.8 Å². The molecular weight excluding hydrogens is 316 g/mol. The fourth-order valence-electron chi connectivity index (χ4n) is 2.58. The van der Waals surface area contributed by atoms with Crippen LogP contribution in [0.4, 0.5) is 5.69 Å². The highest BCUT2D eigenvalue weighted by Gasteiger charge is 2.29. The van der Waals surface area contributed by atoms with Gasteiger partial charge in [0.15, 0.2) is 0 Å². The van der Waals surface area contributed by atoms with E-state index in [0.717, 1.165) is 35.2 Å². The SMILES string of the molecule is O=C(Cc1ccc(NC(=O)C2CC2)cc1)NCc1cccc(CO)c1. The van der Waals surface area contributed by atoms with Crippen LogP contribution in [0.15, 0.2) is 48.5 Å². The number of amides is 2. The van der Waals surface area contributed by atoms with Gasteiger partial charge in [0.2, 0.25) is 11.8 Å². The summed E-state index contributed by atoms with van der Waals surface area (Å²) in [6.45, 7) is 0.424. The lowest BCUT2D eigenvalue weighted by Crippen LogP contribution is -2.24. The predicted octanol–water partition coefficient (Wildman–Crippen LogP) is 2.39. The molecule has 0 unspecified atom stereocenters. The summed E-state index contributed by atoms with van der Waals surface area (Å²) in [7, 11) is 0. The minimum atomic E-state index is -0.0656. The summed E-state index contributed by atoms with van der Waals surface area (Å²) in [4.78, 5) is 23.8. The molecule has 0 radical (unpaired) electrons. The Kier molecular flexibility index (Phi) is 5.46. The van der Waals surface area contributed by atoms with E-state index in [4.69, 9.17) is 5.11 Å². The molecule has 0 heterocycles. The van der Waals surface area contributed by atoms with Crippen molar-refractivity contribution in [2.45, 2.75) is 32.4 Å². The molecule has 2 aromatic rings. The first kappa shape index (κ1) is 17.2. The van der Waals surface area contributed by atoms with E-state index in [0.29, 0.717) is 6.54 Å². The van der Waals surface area contributed by atoms with E-state index >= 15 is 0 Å². The molecule has 1 fully saturated rings. The van der Waals surface area contributed by atoms with Crippen LogP contribution in [-0.2, 0) is 29.2 Å². The summed E-state index contributed by atoms with van der Waals surface area (Å²) in [6.07, 6.45) is 2.24. The number of anilines is 1. The highest BCUT2D eigenvalue weighted by Crippen LogP contribution is 2.30. The van der Waals surface area contributed by atoms with E-state index in [1.807, 2.05) is 48.5 Å². The maximum atomic E-state index is 12.1. The second-order valence-corrected chi connectivity index (χ2v) is 6.39. The minimum Gasteiger partial charge on any atom is -0.392 e. The first-order valence-corrected chi connectivity index (χ1v) is 8.49. The molecule has 25 heavy (non-hydrogen) atoms. The number of aliphatic hydroxyl groups excluding tert-OH is 1. The first-order chi connectivity index (χ1) is 12.1. The number of aliphatic hydroxyl groups is 1. The van der Waals surface area contributed by atoms with Crippen LogP contribution in [0.3, 0.4) is 0 Å². The molecule has 2 aromatic carbocycles. The molecule has 5 nitrogen and oxygen atoms in total. The molecule has 3 N–H and O–H groups in total. The molecule has 3 rings (SSSR count). The summed E-state index contributed by atoms with van der Waals surface area (Å²) < 4.78 is 0. The van der Waals surface area contributed by atoms with Gasteiger partial charge in [0.25, 0.3) is 0 Å². The summed E-state index contributed by atoms with van der Waals surface area (Å²) >= 11 is 0. The summed E-state index contributed by atoms with van der Waals surface area (Å²) in [5.74, 6) is 0.189. The number of nitrogens with one attached hydrogen (secondary N) is 2. The van der Waals surface area contributed by atoms with Gasteiger partial charge in [-0.15, -0.1) is 0 Å². The lowest BCUT2D eigenvalue weighted by atomic mass is 10.1. The fourth-order valence-corrected chi connectivity index (χ4v) is 2.58. The predicted molar refractivity (Wildman–Crippen MR) is 95.7 cm³/mol.